The lowest BCUT2D eigenvalue weighted by Gasteiger charge is -2.27. The summed E-state index contributed by atoms with van der Waals surface area (Å²) in [7, 11) is 0. The van der Waals surface area contributed by atoms with Gasteiger partial charge in [0, 0.05) is 46.6 Å². The van der Waals surface area contributed by atoms with Crippen molar-refractivity contribution in [2.75, 3.05) is 34.8 Å². The van der Waals surface area contributed by atoms with E-state index in [1.54, 1.807) is 12.1 Å². The Morgan fingerprint density at radius 2 is 1.67 bits per heavy atom. The number of nitrogens with zero attached hydrogens (tertiary/aromatic N) is 3. The minimum atomic E-state index is -1.19. The number of hydrogen-bond acceptors (Lipinski definition) is 4. The van der Waals surface area contributed by atoms with Gasteiger partial charge in [-0.25, -0.2) is 10.2 Å². The Hall–Kier alpha value is -2.41. The van der Waals surface area contributed by atoms with Crippen LogP contribution in [0, 0.1) is 6.92 Å². The SMILES string of the molecule is Cc1cc(N(NC(=O)O)c2ccc(N(CCCl)CCCl)cc2)c2cc(Cl)ccc2n1. The second-order valence-corrected chi connectivity index (χ2v) is 7.77. The lowest BCUT2D eigenvalue weighted by atomic mass is 10.1. The number of amides is 1. The highest BCUT2D eigenvalue weighted by Gasteiger charge is 2.17. The molecule has 2 N–H and O–H groups in total. The summed E-state index contributed by atoms with van der Waals surface area (Å²) < 4.78 is 0. The third-order valence-electron chi connectivity index (χ3n) is 4.51. The van der Waals surface area contributed by atoms with Gasteiger partial charge in [-0.05, 0) is 55.5 Å². The van der Waals surface area contributed by atoms with E-state index in [9.17, 15) is 9.90 Å². The molecule has 158 valence electrons. The van der Waals surface area contributed by atoms with Crippen LogP contribution in [0.2, 0.25) is 5.02 Å². The number of benzene rings is 2. The summed E-state index contributed by atoms with van der Waals surface area (Å²) >= 11 is 18.0. The molecule has 1 amide bonds. The van der Waals surface area contributed by atoms with E-state index >= 15 is 0 Å². The summed E-state index contributed by atoms with van der Waals surface area (Å²) in [5.74, 6) is 0.961. The van der Waals surface area contributed by atoms with Crippen LogP contribution >= 0.6 is 34.8 Å². The second-order valence-electron chi connectivity index (χ2n) is 6.58. The molecule has 0 aliphatic heterocycles. The summed E-state index contributed by atoms with van der Waals surface area (Å²) in [6.07, 6.45) is -1.19. The molecule has 2 aromatic carbocycles. The molecule has 0 fully saturated rings. The van der Waals surface area contributed by atoms with Gasteiger partial charge in [0.2, 0.25) is 0 Å². The molecule has 3 aromatic rings. The first-order valence-electron chi connectivity index (χ1n) is 9.26. The van der Waals surface area contributed by atoms with Gasteiger partial charge in [-0.2, -0.15) is 0 Å². The predicted octanol–water partition coefficient (Wildman–Crippen LogP) is 5.80. The van der Waals surface area contributed by atoms with Crippen molar-refractivity contribution in [3.63, 3.8) is 0 Å². The normalized spacial score (nSPS) is 10.8. The third-order valence-corrected chi connectivity index (χ3v) is 5.08. The number of anilines is 3. The zero-order chi connectivity index (χ0) is 21.7. The van der Waals surface area contributed by atoms with Gasteiger partial charge in [0.15, 0.2) is 0 Å². The molecule has 3 rings (SSSR count). The van der Waals surface area contributed by atoms with E-state index < -0.39 is 6.09 Å². The first-order chi connectivity index (χ1) is 14.4. The molecule has 0 aliphatic carbocycles. The maximum absolute atomic E-state index is 11.6. The summed E-state index contributed by atoms with van der Waals surface area (Å²) in [5, 5.41) is 12.2. The number of aromatic nitrogens is 1. The van der Waals surface area contributed by atoms with Crippen LogP contribution < -0.4 is 15.3 Å². The number of halogens is 3. The van der Waals surface area contributed by atoms with Gasteiger partial charge in [0.1, 0.15) is 0 Å². The Balaban J connectivity index is 2.07. The van der Waals surface area contributed by atoms with Crippen LogP contribution in [0.5, 0.6) is 0 Å². The molecule has 0 atom stereocenters. The van der Waals surface area contributed by atoms with Crippen LogP contribution in [-0.4, -0.2) is 41.0 Å². The Morgan fingerprint density at radius 1 is 1.03 bits per heavy atom. The van der Waals surface area contributed by atoms with Crippen molar-refractivity contribution >= 4 is 68.9 Å². The zero-order valence-corrected chi connectivity index (χ0v) is 18.5. The minimum Gasteiger partial charge on any atom is -0.464 e. The van der Waals surface area contributed by atoms with E-state index in [1.165, 1.54) is 5.01 Å². The van der Waals surface area contributed by atoms with Crippen molar-refractivity contribution in [1.82, 2.24) is 10.4 Å². The Labute approximate surface area is 189 Å². The molecule has 0 unspecified atom stereocenters. The fourth-order valence-electron chi connectivity index (χ4n) is 3.24. The van der Waals surface area contributed by atoms with Crippen LogP contribution in [0.4, 0.5) is 21.9 Å². The van der Waals surface area contributed by atoms with E-state index in [0.29, 0.717) is 41.2 Å². The maximum atomic E-state index is 11.6. The number of rotatable bonds is 8. The van der Waals surface area contributed by atoms with Gasteiger partial charge in [-0.3, -0.25) is 9.99 Å². The van der Waals surface area contributed by atoms with Crippen LogP contribution in [-0.2, 0) is 0 Å². The first-order valence-corrected chi connectivity index (χ1v) is 10.7. The third kappa shape index (κ3) is 5.19. The highest BCUT2D eigenvalue weighted by atomic mass is 35.5. The molecule has 0 saturated heterocycles. The smallest absolute Gasteiger partial charge is 0.423 e. The summed E-state index contributed by atoms with van der Waals surface area (Å²) in [6.45, 7) is 3.19. The van der Waals surface area contributed by atoms with Crippen molar-refractivity contribution in [2.45, 2.75) is 6.92 Å². The molecule has 0 aliphatic rings. The highest BCUT2D eigenvalue weighted by molar-refractivity contribution is 6.31. The molecule has 1 aromatic heterocycles. The molecular formula is C21H21Cl3N4O2. The fraction of sp³-hybridized carbons (Fsp3) is 0.238. The summed E-state index contributed by atoms with van der Waals surface area (Å²) in [5.41, 5.74) is 6.18. The largest absolute Gasteiger partial charge is 0.464 e. The van der Waals surface area contributed by atoms with Crippen molar-refractivity contribution in [3.05, 3.63) is 59.2 Å². The standard InChI is InChI=1S/C21H21Cl3N4O2/c1-14-12-20(18-13-15(24)2-7-19(18)25-14)28(26-21(29)30)17-5-3-16(4-6-17)27(10-8-22)11-9-23/h2-7,12-13,26H,8-11H2,1H3,(H,29,30). The fourth-order valence-corrected chi connectivity index (χ4v) is 3.82. The zero-order valence-electron chi connectivity index (χ0n) is 16.3. The Bertz CT molecular complexity index is 1020. The van der Waals surface area contributed by atoms with E-state index in [-0.39, 0.29) is 0 Å². The van der Waals surface area contributed by atoms with Gasteiger partial charge < -0.3 is 10.0 Å². The predicted molar refractivity (Wildman–Crippen MR) is 125 cm³/mol. The minimum absolute atomic E-state index is 0.481. The topological polar surface area (TPSA) is 68.7 Å². The molecule has 30 heavy (non-hydrogen) atoms. The monoisotopic (exact) mass is 466 g/mol. The molecule has 0 spiro atoms. The number of pyridine rings is 1. The van der Waals surface area contributed by atoms with E-state index in [1.807, 2.05) is 43.3 Å². The lowest BCUT2D eigenvalue weighted by molar-refractivity contribution is 0.194. The maximum Gasteiger partial charge on any atom is 0.423 e. The molecule has 6 nitrogen and oxygen atoms in total. The molecule has 1 heterocycles. The average molecular weight is 468 g/mol. The van der Waals surface area contributed by atoms with E-state index in [2.05, 4.69) is 15.3 Å². The number of carboxylic acid groups (broad SMARTS) is 1. The molecule has 0 bridgehead atoms. The van der Waals surface area contributed by atoms with Crippen LogP contribution in [0.1, 0.15) is 5.69 Å². The van der Waals surface area contributed by atoms with Gasteiger partial charge in [-0.1, -0.05) is 11.6 Å². The van der Waals surface area contributed by atoms with Gasteiger partial charge in [-0.15, -0.1) is 23.2 Å². The number of nitrogens with one attached hydrogen (secondary N) is 1. The summed E-state index contributed by atoms with van der Waals surface area (Å²) in [4.78, 5) is 18.2. The number of hydrazine groups is 1. The van der Waals surface area contributed by atoms with Crippen molar-refractivity contribution in [1.29, 1.82) is 0 Å². The highest BCUT2D eigenvalue weighted by Crippen LogP contribution is 2.33. The number of hydrogen-bond donors (Lipinski definition) is 2. The van der Waals surface area contributed by atoms with Crippen molar-refractivity contribution in [3.8, 4) is 0 Å². The molecule has 9 heteroatoms. The van der Waals surface area contributed by atoms with Crippen LogP contribution in [0.25, 0.3) is 10.9 Å². The summed E-state index contributed by atoms with van der Waals surface area (Å²) in [6, 6.07) is 14.7. The average Bonchev–Trinajstić information content (AvgIpc) is 2.72. The number of aryl methyl sites for hydroxylation is 1. The van der Waals surface area contributed by atoms with Crippen LogP contribution in [0.3, 0.4) is 0 Å². The van der Waals surface area contributed by atoms with E-state index in [4.69, 9.17) is 34.8 Å². The number of carbonyl (C=O) groups is 1. The Morgan fingerprint density at radius 3 is 2.27 bits per heavy atom. The van der Waals surface area contributed by atoms with Gasteiger partial charge in [0.05, 0.1) is 16.9 Å². The number of fused-ring (bicyclic) bond motifs is 1. The quantitative estimate of drug-likeness (QED) is 0.323. The molecule has 0 radical (unpaired) electrons. The van der Waals surface area contributed by atoms with Gasteiger partial charge >= 0.3 is 6.09 Å². The van der Waals surface area contributed by atoms with Crippen molar-refractivity contribution in [2.24, 2.45) is 0 Å². The molecular weight excluding hydrogens is 447 g/mol. The van der Waals surface area contributed by atoms with E-state index in [0.717, 1.165) is 22.3 Å². The first kappa shape index (κ1) is 22.3. The molecule has 0 saturated carbocycles. The van der Waals surface area contributed by atoms with Crippen molar-refractivity contribution < 1.29 is 9.90 Å². The van der Waals surface area contributed by atoms with Crippen LogP contribution in [0.15, 0.2) is 48.5 Å². The number of alkyl halides is 2. The van der Waals surface area contributed by atoms with Gasteiger partial charge in [0.25, 0.3) is 0 Å². The Kier molecular flexibility index (Phi) is 7.48. The second kappa shape index (κ2) is 10.1. The lowest BCUT2D eigenvalue weighted by Crippen LogP contribution is -2.38.